The van der Waals surface area contributed by atoms with Crippen molar-refractivity contribution in [1.82, 2.24) is 25.4 Å². The van der Waals surface area contributed by atoms with E-state index in [0.717, 1.165) is 10.9 Å². The van der Waals surface area contributed by atoms with Gasteiger partial charge in [-0.05, 0) is 11.6 Å². The van der Waals surface area contributed by atoms with Crippen molar-refractivity contribution in [3.63, 3.8) is 0 Å². The molecule has 2 N–H and O–H groups in total. The van der Waals surface area contributed by atoms with Gasteiger partial charge in [-0.15, -0.1) is 15.0 Å². The summed E-state index contributed by atoms with van der Waals surface area (Å²) in [5.41, 5.74) is -0.429. The van der Waals surface area contributed by atoms with Gasteiger partial charge in [0.1, 0.15) is 0 Å². The third kappa shape index (κ3) is 2.07. The number of tetrazole rings is 1. The zero-order chi connectivity index (χ0) is 12.4. The zero-order valence-electron chi connectivity index (χ0n) is 8.82. The van der Waals surface area contributed by atoms with Gasteiger partial charge in [0.25, 0.3) is 5.56 Å². The van der Waals surface area contributed by atoms with E-state index in [0.29, 0.717) is 6.42 Å². The molecule has 2 aromatic heterocycles. The lowest BCUT2D eigenvalue weighted by molar-refractivity contribution is -0.141. The molecule has 0 saturated heterocycles. The molecule has 0 spiro atoms. The number of aromatic nitrogens is 5. The Hall–Kier alpha value is -2.45. The Morgan fingerprint density at radius 1 is 1.71 bits per heavy atom. The van der Waals surface area contributed by atoms with E-state index in [4.69, 9.17) is 9.63 Å². The van der Waals surface area contributed by atoms with Crippen LogP contribution in [0.2, 0.25) is 0 Å². The Labute approximate surface area is 94.0 Å². The van der Waals surface area contributed by atoms with Gasteiger partial charge < -0.3 is 9.63 Å². The number of carbonyl (C=O) groups is 1. The third-order valence-corrected chi connectivity index (χ3v) is 2.12. The van der Waals surface area contributed by atoms with Crippen molar-refractivity contribution in [2.45, 2.75) is 19.4 Å². The lowest BCUT2D eigenvalue weighted by atomic mass is 10.2. The summed E-state index contributed by atoms with van der Waals surface area (Å²) in [6.45, 7) is 1.69. The van der Waals surface area contributed by atoms with Gasteiger partial charge in [-0.25, -0.2) is 4.79 Å². The fraction of sp³-hybridized carbons (Fsp3) is 0.375. The quantitative estimate of drug-likeness (QED) is 0.746. The molecule has 2 rings (SSSR count). The highest BCUT2D eigenvalue weighted by molar-refractivity contribution is 5.71. The topological polar surface area (TPSA) is 127 Å². The van der Waals surface area contributed by atoms with Gasteiger partial charge in [0.05, 0.1) is 6.07 Å². The van der Waals surface area contributed by atoms with Crippen LogP contribution in [-0.2, 0) is 4.79 Å². The zero-order valence-corrected chi connectivity index (χ0v) is 8.82. The first-order valence-electron chi connectivity index (χ1n) is 4.83. The maximum Gasteiger partial charge on any atom is 0.330 e. The Balaban J connectivity index is 2.32. The minimum Gasteiger partial charge on any atom is -0.480 e. The Morgan fingerprint density at radius 2 is 2.47 bits per heavy atom. The molecule has 2 aromatic rings. The summed E-state index contributed by atoms with van der Waals surface area (Å²) in [5.74, 6) is -0.878. The Morgan fingerprint density at radius 3 is 3.00 bits per heavy atom. The second-order valence-corrected chi connectivity index (χ2v) is 3.27. The summed E-state index contributed by atoms with van der Waals surface area (Å²) in [7, 11) is 0. The highest BCUT2D eigenvalue weighted by atomic mass is 16.5. The largest absolute Gasteiger partial charge is 0.480 e. The minimum atomic E-state index is -1.05. The number of rotatable bonds is 4. The van der Waals surface area contributed by atoms with Crippen LogP contribution in [0.1, 0.15) is 19.4 Å². The first-order chi connectivity index (χ1) is 8.11. The number of nitrogens with one attached hydrogen (secondary N) is 1. The van der Waals surface area contributed by atoms with E-state index in [1.54, 1.807) is 6.92 Å². The van der Waals surface area contributed by atoms with Crippen LogP contribution >= 0.6 is 0 Å². The van der Waals surface area contributed by atoms with Gasteiger partial charge in [0.15, 0.2) is 6.04 Å². The van der Waals surface area contributed by atoms with Crippen molar-refractivity contribution in [2.75, 3.05) is 0 Å². The molecule has 0 aromatic carbocycles. The molecular formula is C8H9N5O4. The van der Waals surface area contributed by atoms with Crippen molar-refractivity contribution in [3.8, 4) is 11.6 Å². The number of hydrogen-bond acceptors (Lipinski definition) is 6. The maximum absolute atomic E-state index is 10.9. The lowest BCUT2D eigenvalue weighted by Gasteiger charge is -2.05. The van der Waals surface area contributed by atoms with Crippen LogP contribution in [0.15, 0.2) is 15.4 Å². The minimum absolute atomic E-state index is 0.0584. The van der Waals surface area contributed by atoms with E-state index in [-0.39, 0.29) is 11.6 Å². The van der Waals surface area contributed by atoms with Gasteiger partial charge in [-0.2, -0.15) is 5.16 Å². The summed E-state index contributed by atoms with van der Waals surface area (Å²) < 4.78 is 4.77. The molecule has 1 atom stereocenters. The molecule has 0 aliphatic carbocycles. The maximum atomic E-state index is 10.9. The van der Waals surface area contributed by atoms with Crippen molar-refractivity contribution in [3.05, 3.63) is 16.4 Å². The molecule has 0 aliphatic heterocycles. The van der Waals surface area contributed by atoms with E-state index in [2.05, 4.69) is 20.6 Å². The van der Waals surface area contributed by atoms with Crippen LogP contribution in [0, 0.1) is 0 Å². The molecule has 17 heavy (non-hydrogen) atoms. The van der Waals surface area contributed by atoms with Crippen molar-refractivity contribution in [2.24, 2.45) is 0 Å². The monoisotopic (exact) mass is 239 g/mol. The fourth-order valence-corrected chi connectivity index (χ4v) is 1.29. The first-order valence-corrected chi connectivity index (χ1v) is 4.83. The number of hydrogen-bond donors (Lipinski definition) is 2. The number of nitrogens with zero attached hydrogens (tertiary/aromatic N) is 4. The van der Waals surface area contributed by atoms with E-state index in [1.165, 1.54) is 0 Å². The highest BCUT2D eigenvalue weighted by Gasteiger charge is 2.21. The normalized spacial score (nSPS) is 12.5. The molecule has 90 valence electrons. The molecule has 1 unspecified atom stereocenters. The average molecular weight is 239 g/mol. The summed E-state index contributed by atoms with van der Waals surface area (Å²) in [5, 5.41) is 22.1. The molecule has 9 heteroatoms. The molecule has 0 saturated carbocycles. The van der Waals surface area contributed by atoms with Gasteiger partial charge in [-0.3, -0.25) is 4.79 Å². The van der Waals surface area contributed by atoms with Gasteiger partial charge in [-0.1, -0.05) is 6.92 Å². The molecule has 2 heterocycles. The Kier molecular flexibility index (Phi) is 2.73. The lowest BCUT2D eigenvalue weighted by Crippen LogP contribution is -2.20. The molecule has 0 bridgehead atoms. The van der Waals surface area contributed by atoms with Crippen LogP contribution in [0.3, 0.4) is 0 Å². The smallest absolute Gasteiger partial charge is 0.330 e. The highest BCUT2D eigenvalue weighted by Crippen LogP contribution is 2.13. The molecule has 0 fully saturated rings. The van der Waals surface area contributed by atoms with E-state index >= 15 is 0 Å². The van der Waals surface area contributed by atoms with Crippen LogP contribution in [0.25, 0.3) is 11.6 Å². The molecule has 0 radical (unpaired) electrons. The van der Waals surface area contributed by atoms with Crippen molar-refractivity contribution < 1.29 is 14.4 Å². The number of aromatic amines is 1. The standard InChI is InChI=1S/C8H9N5O4/c1-2-4(8(15)16)13-10-7(9-12-13)5-3-6(14)11-17-5/h3-4H,2H2,1H3,(H,11,14)(H,15,16). The predicted molar refractivity (Wildman–Crippen MR) is 53.1 cm³/mol. The van der Waals surface area contributed by atoms with E-state index in [1.807, 2.05) is 0 Å². The second-order valence-electron chi connectivity index (χ2n) is 3.27. The first kappa shape index (κ1) is 11.0. The molecule has 0 aliphatic rings. The van der Waals surface area contributed by atoms with Crippen LogP contribution < -0.4 is 5.56 Å². The van der Waals surface area contributed by atoms with Gasteiger partial charge >= 0.3 is 5.97 Å². The summed E-state index contributed by atoms with van der Waals surface area (Å²) in [4.78, 5) is 22.7. The summed E-state index contributed by atoms with van der Waals surface area (Å²) in [6, 6.07) is 0.269. The fourth-order valence-electron chi connectivity index (χ4n) is 1.29. The van der Waals surface area contributed by atoms with Crippen molar-refractivity contribution in [1.29, 1.82) is 0 Å². The predicted octanol–water partition coefficient (Wildman–Crippen LogP) is -0.343. The average Bonchev–Trinajstić information content (AvgIpc) is 2.87. The van der Waals surface area contributed by atoms with E-state index in [9.17, 15) is 9.59 Å². The van der Waals surface area contributed by atoms with Crippen LogP contribution in [-0.4, -0.2) is 36.4 Å². The molecule has 9 nitrogen and oxygen atoms in total. The van der Waals surface area contributed by atoms with Crippen LogP contribution in [0.5, 0.6) is 0 Å². The van der Waals surface area contributed by atoms with Crippen LogP contribution in [0.4, 0.5) is 0 Å². The SMILES string of the molecule is CCC(C(=O)O)n1nnc(-c2cc(=O)[nH]o2)n1. The molecular weight excluding hydrogens is 230 g/mol. The number of aliphatic carboxylic acids is 1. The van der Waals surface area contributed by atoms with Gasteiger partial charge in [0.2, 0.25) is 11.6 Å². The summed E-state index contributed by atoms with van der Waals surface area (Å²) in [6.07, 6.45) is 0.322. The Bertz CT molecular complexity index is 583. The number of carboxylic acids is 1. The number of H-pyrrole nitrogens is 1. The van der Waals surface area contributed by atoms with Crippen molar-refractivity contribution >= 4 is 5.97 Å². The van der Waals surface area contributed by atoms with Gasteiger partial charge in [0, 0.05) is 0 Å². The molecule has 0 amide bonds. The summed E-state index contributed by atoms with van der Waals surface area (Å²) >= 11 is 0. The second kappa shape index (κ2) is 4.20. The third-order valence-electron chi connectivity index (χ3n) is 2.12. The van der Waals surface area contributed by atoms with E-state index < -0.39 is 17.6 Å². The number of carboxylic acid groups (broad SMARTS) is 1.